The Morgan fingerprint density at radius 1 is 1.11 bits per heavy atom. The van der Waals surface area contributed by atoms with Crippen LogP contribution >= 0.6 is 0 Å². The van der Waals surface area contributed by atoms with Gasteiger partial charge in [0, 0.05) is 19.0 Å². The molecule has 3 heterocycles. The largest absolute Gasteiger partial charge is 0.466 e. The molecule has 28 heavy (non-hydrogen) atoms. The molecule has 146 valence electrons. The first-order valence-corrected chi connectivity index (χ1v) is 9.29. The number of piperidine rings is 1. The predicted octanol–water partition coefficient (Wildman–Crippen LogP) is 2.72. The van der Waals surface area contributed by atoms with E-state index >= 15 is 0 Å². The third-order valence-corrected chi connectivity index (χ3v) is 5.00. The summed E-state index contributed by atoms with van der Waals surface area (Å²) in [6, 6.07) is 9.86. The lowest BCUT2D eigenvalue weighted by Crippen LogP contribution is -2.47. The predicted molar refractivity (Wildman–Crippen MR) is 103 cm³/mol. The van der Waals surface area contributed by atoms with Crippen molar-refractivity contribution in [2.24, 2.45) is 5.92 Å². The van der Waals surface area contributed by atoms with Gasteiger partial charge in [0.1, 0.15) is 17.0 Å². The van der Waals surface area contributed by atoms with E-state index in [-0.39, 0.29) is 17.7 Å². The van der Waals surface area contributed by atoms with E-state index in [0.29, 0.717) is 49.0 Å². The quantitative estimate of drug-likeness (QED) is 0.676. The zero-order valence-electron chi connectivity index (χ0n) is 15.8. The average molecular weight is 382 g/mol. The van der Waals surface area contributed by atoms with Crippen LogP contribution in [-0.4, -0.2) is 29.9 Å². The second-order valence-electron chi connectivity index (χ2n) is 7.00. The van der Waals surface area contributed by atoms with Crippen molar-refractivity contribution in [2.45, 2.75) is 26.7 Å². The van der Waals surface area contributed by atoms with Crippen LogP contribution in [0.15, 0.2) is 39.2 Å². The van der Waals surface area contributed by atoms with Crippen LogP contribution in [-0.2, 0) is 4.79 Å². The van der Waals surface area contributed by atoms with Gasteiger partial charge in [0.25, 0.3) is 11.9 Å². The van der Waals surface area contributed by atoms with Gasteiger partial charge in [-0.2, -0.15) is 4.98 Å². The van der Waals surface area contributed by atoms with E-state index in [1.807, 2.05) is 29.2 Å². The lowest BCUT2D eigenvalue weighted by molar-refractivity contribution is -0.126. The molecule has 1 aliphatic heterocycles. The molecule has 3 aromatic rings. The monoisotopic (exact) mass is 382 g/mol. The Morgan fingerprint density at radius 3 is 2.54 bits per heavy atom. The fraction of sp³-hybridized carbons (Fsp3) is 0.350. The number of hydrogen-bond donors (Lipinski definition) is 2. The molecular weight excluding hydrogens is 360 g/mol. The highest BCUT2D eigenvalue weighted by molar-refractivity contribution is 5.96. The number of carbonyl (C=O) groups excluding carboxylic acids is 2. The number of benzene rings is 1. The summed E-state index contributed by atoms with van der Waals surface area (Å²) in [6.07, 6.45) is 1.31. The van der Waals surface area contributed by atoms with Crippen LogP contribution in [0.3, 0.4) is 0 Å². The van der Waals surface area contributed by atoms with Gasteiger partial charge in [-0.25, -0.2) is 0 Å². The minimum atomic E-state index is -0.383. The Balaban J connectivity index is 1.30. The number of nitrogens with one attached hydrogen (secondary N) is 2. The van der Waals surface area contributed by atoms with Crippen molar-refractivity contribution in [2.75, 3.05) is 18.0 Å². The van der Waals surface area contributed by atoms with Gasteiger partial charge in [-0.3, -0.25) is 20.4 Å². The van der Waals surface area contributed by atoms with E-state index in [1.165, 1.54) is 0 Å². The van der Waals surface area contributed by atoms with E-state index in [1.54, 1.807) is 19.9 Å². The fourth-order valence-corrected chi connectivity index (χ4v) is 3.47. The number of oxazole rings is 1. The Kier molecular flexibility index (Phi) is 4.77. The van der Waals surface area contributed by atoms with Gasteiger partial charge in [-0.05, 0) is 44.9 Å². The second-order valence-corrected chi connectivity index (χ2v) is 7.00. The second kappa shape index (κ2) is 7.38. The molecule has 0 bridgehead atoms. The van der Waals surface area contributed by atoms with Crippen molar-refractivity contribution in [3.05, 3.63) is 47.4 Å². The minimum Gasteiger partial charge on any atom is -0.466 e. The molecule has 0 unspecified atom stereocenters. The first-order chi connectivity index (χ1) is 13.5. The van der Waals surface area contributed by atoms with E-state index < -0.39 is 0 Å². The number of para-hydroxylation sites is 2. The smallest absolute Gasteiger partial charge is 0.298 e. The number of amides is 2. The summed E-state index contributed by atoms with van der Waals surface area (Å²) >= 11 is 0. The maximum Gasteiger partial charge on any atom is 0.298 e. The molecule has 0 atom stereocenters. The molecule has 2 aromatic heterocycles. The van der Waals surface area contributed by atoms with Gasteiger partial charge >= 0.3 is 0 Å². The van der Waals surface area contributed by atoms with Gasteiger partial charge in [-0.1, -0.05) is 12.1 Å². The first-order valence-electron chi connectivity index (χ1n) is 9.29. The normalized spacial score (nSPS) is 15.0. The minimum absolute atomic E-state index is 0.173. The number of fused-ring (bicyclic) bond motifs is 1. The summed E-state index contributed by atoms with van der Waals surface area (Å²) in [5.41, 5.74) is 6.99. The molecule has 8 heteroatoms. The molecular formula is C20H22N4O4. The highest BCUT2D eigenvalue weighted by Gasteiger charge is 2.27. The van der Waals surface area contributed by atoms with Gasteiger partial charge < -0.3 is 13.7 Å². The summed E-state index contributed by atoms with van der Waals surface area (Å²) in [5.74, 6) is 0.430. The number of furan rings is 1. The Bertz CT molecular complexity index is 981. The van der Waals surface area contributed by atoms with E-state index in [0.717, 1.165) is 11.1 Å². The first kappa shape index (κ1) is 18.1. The van der Waals surface area contributed by atoms with Crippen molar-refractivity contribution in [3.8, 4) is 0 Å². The number of carbonyl (C=O) groups is 2. The summed E-state index contributed by atoms with van der Waals surface area (Å²) in [6.45, 7) is 4.82. The standard InChI is InChI=1S/C20H22N4O4/c1-12-11-15(13(2)27-12)19(26)23-22-18(25)14-7-9-24(10-8-14)20-21-16-5-3-4-6-17(16)28-20/h3-6,11,14H,7-10H2,1-2H3,(H,22,25)(H,23,26). The van der Waals surface area contributed by atoms with Crippen molar-refractivity contribution in [1.29, 1.82) is 0 Å². The molecule has 0 spiro atoms. The number of aromatic nitrogens is 1. The number of rotatable bonds is 3. The maximum atomic E-state index is 12.4. The number of hydrazine groups is 1. The number of aryl methyl sites for hydroxylation is 2. The summed E-state index contributed by atoms with van der Waals surface area (Å²) in [7, 11) is 0. The average Bonchev–Trinajstić information content (AvgIpc) is 3.28. The molecule has 1 aliphatic rings. The van der Waals surface area contributed by atoms with Crippen LogP contribution < -0.4 is 15.8 Å². The van der Waals surface area contributed by atoms with Gasteiger partial charge in [0.05, 0.1) is 5.56 Å². The van der Waals surface area contributed by atoms with Crippen molar-refractivity contribution in [3.63, 3.8) is 0 Å². The molecule has 4 rings (SSSR count). The molecule has 0 radical (unpaired) electrons. The van der Waals surface area contributed by atoms with Crippen LogP contribution in [0, 0.1) is 19.8 Å². The zero-order chi connectivity index (χ0) is 19.7. The van der Waals surface area contributed by atoms with E-state index in [9.17, 15) is 9.59 Å². The highest BCUT2D eigenvalue weighted by atomic mass is 16.4. The Labute approximate surface area is 161 Å². The fourth-order valence-electron chi connectivity index (χ4n) is 3.47. The Morgan fingerprint density at radius 2 is 1.86 bits per heavy atom. The van der Waals surface area contributed by atoms with Crippen LogP contribution in [0.1, 0.15) is 34.7 Å². The third-order valence-electron chi connectivity index (χ3n) is 5.00. The molecule has 0 aliphatic carbocycles. The SMILES string of the molecule is Cc1cc(C(=O)NNC(=O)C2CCN(c3nc4ccccc4o3)CC2)c(C)o1. The van der Waals surface area contributed by atoms with Crippen molar-refractivity contribution in [1.82, 2.24) is 15.8 Å². The van der Waals surface area contributed by atoms with E-state index in [4.69, 9.17) is 8.83 Å². The molecule has 0 saturated carbocycles. The number of nitrogens with zero attached hydrogens (tertiary/aromatic N) is 2. The van der Waals surface area contributed by atoms with Crippen LogP contribution in [0.2, 0.25) is 0 Å². The molecule has 1 saturated heterocycles. The summed E-state index contributed by atoms with van der Waals surface area (Å²) in [5, 5.41) is 0. The molecule has 2 amide bonds. The molecule has 2 N–H and O–H groups in total. The highest BCUT2D eigenvalue weighted by Crippen LogP contribution is 2.26. The molecule has 8 nitrogen and oxygen atoms in total. The van der Waals surface area contributed by atoms with Crippen LogP contribution in [0.4, 0.5) is 6.01 Å². The topological polar surface area (TPSA) is 101 Å². The lowest BCUT2D eigenvalue weighted by atomic mass is 9.96. The zero-order valence-corrected chi connectivity index (χ0v) is 15.8. The maximum absolute atomic E-state index is 12.4. The summed E-state index contributed by atoms with van der Waals surface area (Å²) in [4.78, 5) is 31.1. The van der Waals surface area contributed by atoms with Crippen molar-refractivity contribution < 1.29 is 18.4 Å². The Hall–Kier alpha value is -3.29. The molecule has 1 aromatic carbocycles. The van der Waals surface area contributed by atoms with Crippen molar-refractivity contribution >= 4 is 28.9 Å². The summed E-state index contributed by atoms with van der Waals surface area (Å²) < 4.78 is 11.1. The number of anilines is 1. The molecule has 1 fully saturated rings. The van der Waals surface area contributed by atoms with E-state index in [2.05, 4.69) is 15.8 Å². The van der Waals surface area contributed by atoms with Crippen LogP contribution in [0.5, 0.6) is 0 Å². The number of hydrogen-bond acceptors (Lipinski definition) is 6. The third kappa shape index (κ3) is 3.58. The lowest BCUT2D eigenvalue weighted by Gasteiger charge is -2.30. The van der Waals surface area contributed by atoms with Gasteiger partial charge in [0.15, 0.2) is 5.58 Å². The van der Waals surface area contributed by atoms with Gasteiger partial charge in [0.2, 0.25) is 5.91 Å². The van der Waals surface area contributed by atoms with Crippen LogP contribution in [0.25, 0.3) is 11.1 Å². The van der Waals surface area contributed by atoms with Gasteiger partial charge in [-0.15, -0.1) is 0 Å².